The number of hydrogen-bond acceptors (Lipinski definition) is 0. The van der Waals surface area contributed by atoms with Crippen LogP contribution in [-0.4, -0.2) is 8.07 Å². The molecule has 0 amide bonds. The van der Waals surface area contributed by atoms with Crippen LogP contribution >= 0.6 is 0 Å². The molecule has 0 radical (unpaired) electrons. The van der Waals surface area contributed by atoms with Gasteiger partial charge in [0.25, 0.3) is 0 Å². The second kappa shape index (κ2) is 9.43. The van der Waals surface area contributed by atoms with Crippen LogP contribution in [0.3, 0.4) is 0 Å². The third-order valence-electron chi connectivity index (χ3n) is 9.03. The van der Waals surface area contributed by atoms with Gasteiger partial charge >= 0.3 is 226 Å². The van der Waals surface area contributed by atoms with Crippen LogP contribution in [0, 0.1) is 27.7 Å². The summed E-state index contributed by atoms with van der Waals surface area (Å²) in [5.74, 6) is 0. The molecule has 0 aliphatic heterocycles. The van der Waals surface area contributed by atoms with Crippen molar-refractivity contribution in [1.29, 1.82) is 0 Å². The SMILES string of the molecule is CC1=C(C)C(C)([Si](c2ccccc2)(c2ccc(C)cc2C)c2ccc(C)cc2C)[C]([Ti]([CH3])([CH3])[CH3])=C1C. The molecule has 0 saturated carbocycles. The van der Waals surface area contributed by atoms with Crippen molar-refractivity contribution in [3.05, 3.63) is 110 Å². The molecule has 4 rings (SSSR count). The molecule has 188 valence electrons. The van der Waals surface area contributed by atoms with E-state index in [-0.39, 0.29) is 5.04 Å². The van der Waals surface area contributed by atoms with Crippen LogP contribution in [0.15, 0.2) is 87.3 Å². The van der Waals surface area contributed by atoms with Crippen molar-refractivity contribution in [2.24, 2.45) is 0 Å². The van der Waals surface area contributed by atoms with Gasteiger partial charge in [-0.2, -0.15) is 0 Å². The number of benzene rings is 3. The van der Waals surface area contributed by atoms with E-state index in [1.54, 1.807) is 25.4 Å². The minimum absolute atomic E-state index is 0.0270. The third kappa shape index (κ3) is 3.90. The van der Waals surface area contributed by atoms with E-state index in [4.69, 9.17) is 0 Å². The number of allylic oxidation sites excluding steroid dienone is 4. The normalized spacial score (nSPS) is 18.9. The van der Waals surface area contributed by atoms with Crippen molar-refractivity contribution in [2.75, 3.05) is 0 Å². The van der Waals surface area contributed by atoms with E-state index in [1.807, 2.05) is 0 Å². The molecule has 3 aromatic rings. The Morgan fingerprint density at radius 2 is 1.08 bits per heavy atom. The zero-order valence-corrected chi connectivity index (χ0v) is 26.9. The zero-order chi connectivity index (χ0) is 26.6. The Hall–Kier alpha value is -1.93. The fourth-order valence-corrected chi connectivity index (χ4v) is 21.3. The number of hydrogen-bond donors (Lipinski definition) is 0. The van der Waals surface area contributed by atoms with Gasteiger partial charge in [0.1, 0.15) is 0 Å². The fourth-order valence-electron chi connectivity index (χ4n) is 7.63. The summed E-state index contributed by atoms with van der Waals surface area (Å²) in [4.78, 5) is 0. The molecule has 1 atom stereocenters. The Morgan fingerprint density at radius 1 is 0.611 bits per heavy atom. The number of aryl methyl sites for hydroxylation is 4. The van der Waals surface area contributed by atoms with E-state index in [0.717, 1.165) is 0 Å². The van der Waals surface area contributed by atoms with Crippen molar-refractivity contribution < 1.29 is 16.6 Å². The Kier molecular flexibility index (Phi) is 7.10. The van der Waals surface area contributed by atoms with Crippen molar-refractivity contribution in [3.8, 4) is 0 Å². The molecule has 1 aliphatic rings. The Morgan fingerprint density at radius 3 is 1.50 bits per heavy atom. The van der Waals surface area contributed by atoms with Crippen molar-refractivity contribution in [3.63, 3.8) is 0 Å². The summed E-state index contributed by atoms with van der Waals surface area (Å²) < 4.78 is 1.80. The van der Waals surface area contributed by atoms with Crippen LogP contribution in [0.25, 0.3) is 0 Å². The van der Waals surface area contributed by atoms with Gasteiger partial charge < -0.3 is 0 Å². The van der Waals surface area contributed by atoms with E-state index in [2.05, 4.69) is 138 Å². The molecule has 36 heavy (non-hydrogen) atoms. The first-order valence-electron chi connectivity index (χ1n) is 13.4. The molecule has 0 spiro atoms. The standard InChI is InChI=1S/C31H35Si.3CH3.Ti/c1-21-14-16-29(23(3)18-21)32(28-12-10-9-11-13-28,30-17-15-22(2)19-24(30)4)31(8)20-25(5)26(6)27(31)7;;;;/h9-19H,1-8H3;3*1H3;. The second-order valence-electron chi connectivity index (χ2n) is 12.4. The van der Waals surface area contributed by atoms with Crippen LogP contribution in [0.1, 0.15) is 49.9 Å². The average Bonchev–Trinajstić information content (AvgIpc) is 2.97. The first-order valence-corrected chi connectivity index (χ1v) is 20.9. The molecule has 0 bridgehead atoms. The Balaban J connectivity index is 2.35. The molecule has 0 heterocycles. The van der Waals surface area contributed by atoms with Gasteiger partial charge in [0.15, 0.2) is 0 Å². The van der Waals surface area contributed by atoms with Crippen LogP contribution in [0.4, 0.5) is 0 Å². The molecule has 0 nitrogen and oxygen atoms in total. The monoisotopic (exact) mass is 528 g/mol. The molecule has 0 aromatic heterocycles. The van der Waals surface area contributed by atoms with Gasteiger partial charge in [-0.25, -0.2) is 0 Å². The predicted molar refractivity (Wildman–Crippen MR) is 160 cm³/mol. The fraction of sp³-hybridized carbons (Fsp3) is 0.353. The van der Waals surface area contributed by atoms with Gasteiger partial charge in [0.2, 0.25) is 0 Å². The second-order valence-corrected chi connectivity index (χ2v) is 24.3. The topological polar surface area (TPSA) is 0 Å². The summed E-state index contributed by atoms with van der Waals surface area (Å²) in [5, 5.41) is 12.5. The summed E-state index contributed by atoms with van der Waals surface area (Å²) in [6.07, 6.45) is 0. The van der Waals surface area contributed by atoms with Crippen molar-refractivity contribution >= 4 is 23.6 Å². The predicted octanol–water partition coefficient (Wildman–Crippen LogP) is 8.07. The van der Waals surface area contributed by atoms with Crippen LogP contribution in [-0.2, 0) is 16.6 Å². The van der Waals surface area contributed by atoms with Crippen molar-refractivity contribution in [1.82, 2.24) is 0 Å². The summed E-state index contributed by atoms with van der Waals surface area (Å²) in [6, 6.07) is 26.2. The quantitative estimate of drug-likeness (QED) is 0.232. The van der Waals surface area contributed by atoms with Crippen LogP contribution in [0.5, 0.6) is 0 Å². The molecule has 3 aromatic carbocycles. The molecule has 0 N–H and O–H groups in total. The first kappa shape index (κ1) is 27.1. The van der Waals surface area contributed by atoms with E-state index in [0.29, 0.717) is 0 Å². The molecule has 1 aliphatic carbocycles. The van der Waals surface area contributed by atoms with Gasteiger partial charge in [-0.05, 0) is 0 Å². The van der Waals surface area contributed by atoms with E-state index in [9.17, 15) is 0 Å². The van der Waals surface area contributed by atoms with Gasteiger partial charge in [-0.1, -0.05) is 0 Å². The molecular weight excluding hydrogens is 484 g/mol. The maximum atomic E-state index is 2.64. The van der Waals surface area contributed by atoms with Gasteiger partial charge in [-0.3, -0.25) is 0 Å². The summed E-state index contributed by atoms with van der Waals surface area (Å²) in [6.45, 7) is 19.1. The van der Waals surface area contributed by atoms with Gasteiger partial charge in [-0.15, -0.1) is 0 Å². The summed E-state index contributed by atoms with van der Waals surface area (Å²) in [7, 11) is -2.64. The zero-order valence-electron chi connectivity index (χ0n) is 24.4. The third-order valence-corrected chi connectivity index (χ3v) is 19.2. The van der Waals surface area contributed by atoms with Crippen LogP contribution in [0.2, 0.25) is 20.7 Å². The molecule has 1 unspecified atom stereocenters. The van der Waals surface area contributed by atoms with Crippen molar-refractivity contribution in [2.45, 2.75) is 76.1 Å². The Bertz CT molecular complexity index is 1330. The Labute approximate surface area is 224 Å². The maximum absolute atomic E-state index is 2.64. The minimum atomic E-state index is -2.64. The van der Waals surface area contributed by atoms with Gasteiger partial charge in [0.05, 0.1) is 0 Å². The molecular formula is C34H44SiTi. The molecule has 0 fully saturated rings. The van der Waals surface area contributed by atoms with Gasteiger partial charge in [0, 0.05) is 0 Å². The van der Waals surface area contributed by atoms with E-state index < -0.39 is 24.7 Å². The molecule has 2 heteroatoms. The van der Waals surface area contributed by atoms with Crippen LogP contribution < -0.4 is 15.6 Å². The summed E-state index contributed by atoms with van der Waals surface area (Å²) >= 11 is -2.31. The van der Waals surface area contributed by atoms with E-state index in [1.165, 1.54) is 33.0 Å². The first-order chi connectivity index (χ1) is 16.8. The van der Waals surface area contributed by atoms with E-state index >= 15 is 0 Å². The number of rotatable bonds is 5. The average molecular weight is 529 g/mol. The summed E-state index contributed by atoms with van der Waals surface area (Å²) in [5.41, 5.74) is 10.2. The molecule has 0 saturated heterocycles.